The quantitative estimate of drug-likeness (QED) is 0.524. The number of esters is 1. The molecule has 1 heterocycles. The zero-order valence-electron chi connectivity index (χ0n) is 15.4. The molecular weight excluding hydrogens is 388 g/mol. The predicted octanol–water partition coefficient (Wildman–Crippen LogP) is 1.80. The van der Waals surface area contributed by atoms with Crippen molar-refractivity contribution in [3.05, 3.63) is 28.8 Å². The Labute approximate surface area is 166 Å². The average molecular weight is 407 g/mol. The Bertz CT molecular complexity index is 860. The van der Waals surface area contributed by atoms with Crippen molar-refractivity contribution in [1.29, 1.82) is 5.26 Å². The first-order valence-corrected chi connectivity index (χ1v) is 8.93. The fourth-order valence-electron chi connectivity index (χ4n) is 2.77. The third-order valence-electron chi connectivity index (χ3n) is 4.48. The van der Waals surface area contributed by atoms with Crippen LogP contribution in [0.15, 0.2) is 18.2 Å². The van der Waals surface area contributed by atoms with Crippen molar-refractivity contribution in [2.24, 2.45) is 0 Å². The van der Waals surface area contributed by atoms with Crippen LogP contribution in [0.5, 0.6) is 0 Å². The third kappa shape index (κ3) is 4.40. The van der Waals surface area contributed by atoms with Gasteiger partial charge < -0.3 is 15.4 Å². The number of ether oxygens (including phenoxy) is 1. The standard InChI is InChI=1S/C18H19ClN4O5/c1-3-18(4-2)16(26)23(17(27)22-18)9-15(25)28-10-14(24)21-13-7-12(19)6-5-11(13)8-20/h5-7H,3-4,9-10H2,1-2H3,(H,21,24)(H,22,27). The number of carbonyl (C=O) groups is 4. The normalized spacial score (nSPS) is 15.0. The molecule has 0 spiro atoms. The highest BCUT2D eigenvalue weighted by atomic mass is 35.5. The number of amides is 4. The van der Waals surface area contributed by atoms with Gasteiger partial charge in [-0.25, -0.2) is 4.79 Å². The summed E-state index contributed by atoms with van der Waals surface area (Å²) in [7, 11) is 0. The number of nitriles is 1. The van der Waals surface area contributed by atoms with Crippen LogP contribution in [0.1, 0.15) is 32.3 Å². The lowest BCUT2D eigenvalue weighted by atomic mass is 9.93. The van der Waals surface area contributed by atoms with Gasteiger partial charge >= 0.3 is 12.0 Å². The van der Waals surface area contributed by atoms with E-state index >= 15 is 0 Å². The first-order valence-electron chi connectivity index (χ1n) is 8.55. The maximum absolute atomic E-state index is 12.4. The molecule has 0 radical (unpaired) electrons. The lowest BCUT2D eigenvalue weighted by molar-refractivity contribution is -0.150. The summed E-state index contributed by atoms with van der Waals surface area (Å²) >= 11 is 5.83. The molecule has 0 atom stereocenters. The number of rotatable bonds is 7. The number of nitrogens with one attached hydrogen (secondary N) is 2. The van der Waals surface area contributed by atoms with Crippen molar-refractivity contribution >= 4 is 41.1 Å². The number of urea groups is 1. The molecule has 28 heavy (non-hydrogen) atoms. The van der Waals surface area contributed by atoms with Gasteiger partial charge in [0.25, 0.3) is 11.8 Å². The van der Waals surface area contributed by atoms with Gasteiger partial charge in [-0.2, -0.15) is 5.26 Å². The number of carbonyl (C=O) groups excluding carboxylic acids is 4. The summed E-state index contributed by atoms with van der Waals surface area (Å²) in [5, 5.41) is 14.4. The molecule has 9 nitrogen and oxygen atoms in total. The number of hydrogen-bond acceptors (Lipinski definition) is 6. The molecule has 10 heteroatoms. The number of anilines is 1. The van der Waals surface area contributed by atoms with E-state index in [0.717, 1.165) is 4.90 Å². The zero-order chi connectivity index (χ0) is 20.9. The van der Waals surface area contributed by atoms with Crippen molar-refractivity contribution in [2.75, 3.05) is 18.5 Å². The molecule has 0 aromatic heterocycles. The molecule has 4 amide bonds. The van der Waals surface area contributed by atoms with Crippen LogP contribution < -0.4 is 10.6 Å². The molecule has 1 fully saturated rings. The van der Waals surface area contributed by atoms with E-state index in [-0.39, 0.29) is 11.3 Å². The van der Waals surface area contributed by atoms with Crippen molar-refractivity contribution < 1.29 is 23.9 Å². The largest absolute Gasteiger partial charge is 0.454 e. The minimum absolute atomic E-state index is 0.181. The van der Waals surface area contributed by atoms with E-state index in [1.54, 1.807) is 13.8 Å². The van der Waals surface area contributed by atoms with Crippen molar-refractivity contribution in [2.45, 2.75) is 32.2 Å². The predicted molar refractivity (Wildman–Crippen MR) is 99.3 cm³/mol. The van der Waals surface area contributed by atoms with Gasteiger partial charge in [0, 0.05) is 5.02 Å². The third-order valence-corrected chi connectivity index (χ3v) is 4.72. The van der Waals surface area contributed by atoms with Gasteiger partial charge in [-0.15, -0.1) is 0 Å². The topological polar surface area (TPSA) is 129 Å². The molecule has 1 saturated heterocycles. The van der Waals surface area contributed by atoms with Gasteiger partial charge in [0.15, 0.2) is 6.61 Å². The maximum Gasteiger partial charge on any atom is 0.326 e. The Morgan fingerprint density at radius 1 is 1.32 bits per heavy atom. The SMILES string of the molecule is CCC1(CC)NC(=O)N(CC(=O)OCC(=O)Nc2cc(Cl)ccc2C#N)C1=O. The summed E-state index contributed by atoms with van der Waals surface area (Å²) in [6, 6.07) is 5.56. The zero-order valence-corrected chi connectivity index (χ0v) is 16.1. The molecule has 2 N–H and O–H groups in total. The molecule has 1 aliphatic rings. The lowest BCUT2D eigenvalue weighted by Gasteiger charge is -2.22. The van der Waals surface area contributed by atoms with E-state index in [1.807, 2.05) is 6.07 Å². The van der Waals surface area contributed by atoms with Gasteiger partial charge in [0.1, 0.15) is 18.2 Å². The average Bonchev–Trinajstić information content (AvgIpc) is 2.91. The lowest BCUT2D eigenvalue weighted by Crippen LogP contribution is -2.46. The summed E-state index contributed by atoms with van der Waals surface area (Å²) < 4.78 is 4.83. The second-order valence-electron chi connectivity index (χ2n) is 6.12. The van der Waals surface area contributed by atoms with Gasteiger partial charge in [0.2, 0.25) is 0 Å². The molecule has 0 bridgehead atoms. The van der Waals surface area contributed by atoms with Gasteiger partial charge in [-0.3, -0.25) is 19.3 Å². The summed E-state index contributed by atoms with van der Waals surface area (Å²) in [4.78, 5) is 49.1. The monoisotopic (exact) mass is 406 g/mol. The Balaban J connectivity index is 1.92. The second-order valence-corrected chi connectivity index (χ2v) is 6.56. The molecule has 0 aliphatic carbocycles. The fourth-order valence-corrected chi connectivity index (χ4v) is 2.95. The fraction of sp³-hybridized carbons (Fsp3) is 0.389. The van der Waals surface area contributed by atoms with Gasteiger partial charge in [-0.05, 0) is 31.0 Å². The molecular formula is C18H19ClN4O5. The molecule has 0 unspecified atom stereocenters. The summed E-state index contributed by atoms with van der Waals surface area (Å²) in [6.07, 6.45) is 0.784. The van der Waals surface area contributed by atoms with Crippen LogP contribution in [-0.4, -0.2) is 47.4 Å². The van der Waals surface area contributed by atoms with Crippen molar-refractivity contribution in [3.63, 3.8) is 0 Å². The van der Waals surface area contributed by atoms with Crippen molar-refractivity contribution in [1.82, 2.24) is 10.2 Å². The summed E-state index contributed by atoms with van der Waals surface area (Å²) in [5.74, 6) is -2.10. The van der Waals surface area contributed by atoms with E-state index in [1.165, 1.54) is 18.2 Å². The highest BCUT2D eigenvalue weighted by Gasteiger charge is 2.49. The summed E-state index contributed by atoms with van der Waals surface area (Å²) in [6.45, 7) is 2.28. The van der Waals surface area contributed by atoms with Crippen molar-refractivity contribution in [3.8, 4) is 6.07 Å². The Hall–Kier alpha value is -3.12. The van der Waals surface area contributed by atoms with Crippen LogP contribution in [0, 0.1) is 11.3 Å². The highest BCUT2D eigenvalue weighted by molar-refractivity contribution is 6.31. The Morgan fingerprint density at radius 3 is 2.57 bits per heavy atom. The van der Waals surface area contributed by atoms with Gasteiger partial charge in [-0.1, -0.05) is 25.4 Å². The molecule has 1 aromatic carbocycles. The van der Waals surface area contributed by atoms with Crippen LogP contribution in [0.4, 0.5) is 10.5 Å². The first kappa shape index (κ1) is 21.2. The highest BCUT2D eigenvalue weighted by Crippen LogP contribution is 2.24. The van der Waals surface area contributed by atoms with Crippen LogP contribution in [0.2, 0.25) is 5.02 Å². The number of nitrogens with zero attached hydrogens (tertiary/aromatic N) is 2. The number of imide groups is 1. The number of benzene rings is 1. The van der Waals surface area contributed by atoms with E-state index in [4.69, 9.17) is 21.6 Å². The molecule has 148 valence electrons. The molecule has 0 saturated carbocycles. The van der Waals surface area contributed by atoms with Crippen LogP contribution in [0.25, 0.3) is 0 Å². The van der Waals surface area contributed by atoms with E-state index in [9.17, 15) is 19.2 Å². The van der Waals surface area contributed by atoms with E-state index in [0.29, 0.717) is 17.9 Å². The number of hydrogen-bond donors (Lipinski definition) is 2. The van der Waals surface area contributed by atoms with E-state index in [2.05, 4.69) is 10.6 Å². The van der Waals surface area contributed by atoms with Crippen LogP contribution in [-0.2, 0) is 19.1 Å². The molecule has 1 aliphatic heterocycles. The maximum atomic E-state index is 12.4. The minimum Gasteiger partial charge on any atom is -0.454 e. The van der Waals surface area contributed by atoms with Crippen LogP contribution >= 0.6 is 11.6 Å². The molecule has 2 rings (SSSR count). The van der Waals surface area contributed by atoms with Gasteiger partial charge in [0.05, 0.1) is 11.3 Å². The van der Waals surface area contributed by atoms with E-state index < -0.39 is 42.5 Å². The Kier molecular flexibility index (Phi) is 6.59. The molecule has 1 aromatic rings. The van der Waals surface area contributed by atoms with Crippen LogP contribution in [0.3, 0.4) is 0 Å². The summed E-state index contributed by atoms with van der Waals surface area (Å²) in [5.41, 5.74) is -0.644. The number of halogens is 1. The first-order chi connectivity index (χ1) is 13.3. The Morgan fingerprint density at radius 2 is 2.00 bits per heavy atom. The smallest absolute Gasteiger partial charge is 0.326 e. The minimum atomic E-state index is -1.02. The second kappa shape index (κ2) is 8.71.